The number of hydrogen-bond acceptors (Lipinski definition) is 4. The maximum Gasteiger partial charge on any atom is 0.421 e. The van der Waals surface area contributed by atoms with Gasteiger partial charge < -0.3 is 4.74 Å². The molecule has 19 heavy (non-hydrogen) atoms. The summed E-state index contributed by atoms with van der Waals surface area (Å²) in [7, 11) is -3.68. The van der Waals surface area contributed by atoms with E-state index >= 15 is 0 Å². The summed E-state index contributed by atoms with van der Waals surface area (Å²) in [4.78, 5) is 11.4. The van der Waals surface area contributed by atoms with Gasteiger partial charge in [-0.2, -0.15) is 0 Å². The van der Waals surface area contributed by atoms with Crippen LogP contribution in [0.3, 0.4) is 0 Å². The zero-order valence-electron chi connectivity index (χ0n) is 11.3. The van der Waals surface area contributed by atoms with E-state index in [9.17, 15) is 13.2 Å². The molecular weight excluding hydrogens is 266 g/mol. The van der Waals surface area contributed by atoms with Crippen molar-refractivity contribution in [1.82, 2.24) is 4.72 Å². The SMILES string of the molecule is CC(C)(C)OC(=O)NS(=O)(=O)CCc1ccccc1. The monoisotopic (exact) mass is 285 g/mol. The second-order valence-corrected chi connectivity index (χ2v) is 7.00. The molecular formula is C13H19NO4S. The van der Waals surface area contributed by atoms with Crippen LogP contribution >= 0.6 is 0 Å². The minimum absolute atomic E-state index is 0.156. The lowest BCUT2D eigenvalue weighted by Gasteiger charge is -2.19. The topological polar surface area (TPSA) is 72.5 Å². The summed E-state index contributed by atoms with van der Waals surface area (Å²) < 4.78 is 30.2. The lowest BCUT2D eigenvalue weighted by atomic mass is 10.2. The quantitative estimate of drug-likeness (QED) is 0.919. The van der Waals surface area contributed by atoms with E-state index in [-0.39, 0.29) is 5.75 Å². The fourth-order valence-corrected chi connectivity index (χ4v) is 2.28. The van der Waals surface area contributed by atoms with E-state index in [2.05, 4.69) is 0 Å². The molecule has 0 saturated heterocycles. The molecule has 6 heteroatoms. The molecule has 1 amide bonds. The van der Waals surface area contributed by atoms with Crippen LogP contribution < -0.4 is 4.72 Å². The summed E-state index contributed by atoms with van der Waals surface area (Å²) in [6.07, 6.45) is -0.598. The van der Waals surface area contributed by atoms with E-state index in [4.69, 9.17) is 4.74 Å². The van der Waals surface area contributed by atoms with E-state index in [1.54, 1.807) is 20.8 Å². The Balaban J connectivity index is 2.51. The van der Waals surface area contributed by atoms with Gasteiger partial charge in [0.2, 0.25) is 10.0 Å². The molecule has 1 aromatic rings. The van der Waals surface area contributed by atoms with Gasteiger partial charge in [-0.25, -0.2) is 17.9 Å². The van der Waals surface area contributed by atoms with Crippen molar-refractivity contribution >= 4 is 16.1 Å². The Hall–Kier alpha value is -1.56. The number of sulfonamides is 1. The maximum absolute atomic E-state index is 11.7. The smallest absolute Gasteiger partial charge is 0.421 e. The van der Waals surface area contributed by atoms with Crippen molar-refractivity contribution in [2.24, 2.45) is 0 Å². The average molecular weight is 285 g/mol. The summed E-state index contributed by atoms with van der Waals surface area (Å²) in [5.41, 5.74) is 0.177. The highest BCUT2D eigenvalue weighted by Gasteiger charge is 2.21. The van der Waals surface area contributed by atoms with Gasteiger partial charge in [-0.1, -0.05) is 30.3 Å². The summed E-state index contributed by atoms with van der Waals surface area (Å²) >= 11 is 0. The van der Waals surface area contributed by atoms with Gasteiger partial charge in [0.25, 0.3) is 0 Å². The molecule has 0 aliphatic rings. The predicted molar refractivity (Wildman–Crippen MR) is 73.3 cm³/mol. The highest BCUT2D eigenvalue weighted by molar-refractivity contribution is 7.90. The Bertz CT molecular complexity index is 517. The maximum atomic E-state index is 11.7. The highest BCUT2D eigenvalue weighted by atomic mass is 32.2. The van der Waals surface area contributed by atoms with Gasteiger partial charge in [-0.15, -0.1) is 0 Å². The van der Waals surface area contributed by atoms with Gasteiger partial charge in [-0.05, 0) is 32.8 Å². The van der Waals surface area contributed by atoms with Crippen LogP contribution in [0.2, 0.25) is 0 Å². The van der Waals surface area contributed by atoms with Crippen LogP contribution in [0.1, 0.15) is 26.3 Å². The highest BCUT2D eigenvalue weighted by Crippen LogP contribution is 2.07. The number of carbonyl (C=O) groups is 1. The number of nitrogens with one attached hydrogen (secondary N) is 1. The molecule has 0 spiro atoms. The molecule has 0 bridgehead atoms. The molecule has 5 nitrogen and oxygen atoms in total. The molecule has 106 valence electrons. The standard InChI is InChI=1S/C13H19NO4S/c1-13(2,3)18-12(15)14-19(16,17)10-9-11-7-5-4-6-8-11/h4-8H,9-10H2,1-3H3,(H,14,15). The van der Waals surface area contributed by atoms with Gasteiger partial charge in [0.05, 0.1) is 5.75 Å². The minimum atomic E-state index is -3.68. The van der Waals surface area contributed by atoms with E-state index in [1.165, 1.54) is 0 Å². The van der Waals surface area contributed by atoms with Crippen molar-refractivity contribution in [1.29, 1.82) is 0 Å². The van der Waals surface area contributed by atoms with Crippen molar-refractivity contribution in [3.05, 3.63) is 35.9 Å². The first-order chi connectivity index (χ1) is 8.68. The number of ether oxygens (including phenoxy) is 1. The van der Waals surface area contributed by atoms with Crippen molar-refractivity contribution in [2.75, 3.05) is 5.75 Å². The van der Waals surface area contributed by atoms with Crippen LogP contribution in [0.4, 0.5) is 4.79 Å². The number of carbonyl (C=O) groups excluding carboxylic acids is 1. The molecule has 0 aliphatic heterocycles. The van der Waals surface area contributed by atoms with Crippen LogP contribution in [0, 0.1) is 0 Å². The van der Waals surface area contributed by atoms with E-state index in [0.29, 0.717) is 6.42 Å². The summed E-state index contributed by atoms with van der Waals surface area (Å²) in [6.45, 7) is 5.01. The zero-order valence-corrected chi connectivity index (χ0v) is 12.2. The third-order valence-corrected chi connectivity index (χ3v) is 3.36. The third kappa shape index (κ3) is 6.81. The van der Waals surface area contributed by atoms with Crippen LogP contribution in [-0.2, 0) is 21.2 Å². The second kappa shape index (κ2) is 6.06. The van der Waals surface area contributed by atoms with Gasteiger partial charge in [-0.3, -0.25) is 0 Å². The van der Waals surface area contributed by atoms with E-state index in [0.717, 1.165) is 5.56 Å². The molecule has 1 N–H and O–H groups in total. The first-order valence-corrected chi connectivity index (χ1v) is 7.61. The first-order valence-electron chi connectivity index (χ1n) is 5.95. The Morgan fingerprint density at radius 2 is 1.79 bits per heavy atom. The fraction of sp³-hybridized carbons (Fsp3) is 0.462. The van der Waals surface area contributed by atoms with Crippen LogP contribution in [0.15, 0.2) is 30.3 Å². The zero-order chi connectivity index (χ0) is 14.5. The first kappa shape index (κ1) is 15.5. The van der Waals surface area contributed by atoms with Crippen molar-refractivity contribution in [3.8, 4) is 0 Å². The summed E-state index contributed by atoms with van der Waals surface area (Å²) in [6, 6.07) is 9.20. The number of hydrogen-bond donors (Lipinski definition) is 1. The molecule has 0 aliphatic carbocycles. The summed E-state index contributed by atoms with van der Waals surface area (Å²) in [5, 5.41) is 0. The number of amides is 1. The molecule has 0 unspecified atom stereocenters. The van der Waals surface area contributed by atoms with Crippen molar-refractivity contribution in [2.45, 2.75) is 32.8 Å². The lowest BCUT2D eigenvalue weighted by Crippen LogP contribution is -2.37. The second-order valence-electron chi connectivity index (χ2n) is 5.16. The van der Waals surface area contributed by atoms with Crippen LogP contribution in [0.5, 0.6) is 0 Å². The van der Waals surface area contributed by atoms with Gasteiger partial charge >= 0.3 is 6.09 Å². The van der Waals surface area contributed by atoms with E-state index < -0.39 is 21.7 Å². The van der Waals surface area contributed by atoms with Crippen LogP contribution in [-0.4, -0.2) is 25.9 Å². The van der Waals surface area contributed by atoms with Gasteiger partial charge in [0.1, 0.15) is 5.60 Å². The number of benzene rings is 1. The Labute approximate surface area is 114 Å². The molecule has 0 radical (unpaired) electrons. The molecule has 0 aromatic heterocycles. The molecule has 0 atom stereocenters. The molecule has 1 rings (SSSR count). The number of rotatable bonds is 4. The Kier molecular flexibility index (Phi) is 4.94. The van der Waals surface area contributed by atoms with Gasteiger partial charge in [0.15, 0.2) is 0 Å². The fourth-order valence-electron chi connectivity index (χ4n) is 1.37. The minimum Gasteiger partial charge on any atom is -0.443 e. The molecule has 0 heterocycles. The normalized spacial score (nSPS) is 11.9. The lowest BCUT2D eigenvalue weighted by molar-refractivity contribution is 0.0570. The molecule has 1 aromatic carbocycles. The molecule has 0 saturated carbocycles. The van der Waals surface area contributed by atoms with Gasteiger partial charge in [0, 0.05) is 0 Å². The van der Waals surface area contributed by atoms with E-state index in [1.807, 2.05) is 35.1 Å². The number of aryl methyl sites for hydroxylation is 1. The Morgan fingerprint density at radius 3 is 2.32 bits per heavy atom. The summed E-state index contributed by atoms with van der Waals surface area (Å²) in [5.74, 6) is -0.156. The Morgan fingerprint density at radius 1 is 1.21 bits per heavy atom. The average Bonchev–Trinajstić information content (AvgIpc) is 2.24. The predicted octanol–water partition coefficient (Wildman–Crippen LogP) is 2.08. The van der Waals surface area contributed by atoms with Crippen LogP contribution in [0.25, 0.3) is 0 Å². The largest absolute Gasteiger partial charge is 0.443 e. The van der Waals surface area contributed by atoms with Crippen molar-refractivity contribution in [3.63, 3.8) is 0 Å². The molecule has 0 fully saturated rings. The third-order valence-electron chi connectivity index (χ3n) is 2.14. The van der Waals surface area contributed by atoms with Crippen molar-refractivity contribution < 1.29 is 17.9 Å².